The third-order valence-electron chi connectivity index (χ3n) is 4.15. The monoisotopic (exact) mass is 290 g/mol. The van der Waals surface area contributed by atoms with Gasteiger partial charge in [-0.1, -0.05) is 19.8 Å². The second-order valence-electron chi connectivity index (χ2n) is 5.80. The van der Waals surface area contributed by atoms with E-state index in [4.69, 9.17) is 0 Å². The molecule has 2 N–H and O–H groups in total. The summed E-state index contributed by atoms with van der Waals surface area (Å²) in [6.45, 7) is 3.39. The molecule has 2 atom stereocenters. The Morgan fingerprint density at radius 3 is 3.05 bits per heavy atom. The Morgan fingerprint density at radius 1 is 1.35 bits per heavy atom. The lowest BCUT2D eigenvalue weighted by atomic mass is 9.82. The summed E-state index contributed by atoms with van der Waals surface area (Å²) in [5.41, 5.74) is 0. The minimum absolute atomic E-state index is 0.694. The Morgan fingerprint density at radius 2 is 2.25 bits per heavy atom. The lowest BCUT2D eigenvalue weighted by Crippen LogP contribution is -2.21. The van der Waals surface area contributed by atoms with E-state index in [1.54, 1.807) is 11.3 Å². The second-order valence-corrected chi connectivity index (χ2v) is 6.70. The Hall–Kier alpha value is -1.36. The van der Waals surface area contributed by atoms with Gasteiger partial charge in [-0.05, 0) is 36.1 Å². The predicted octanol–water partition coefficient (Wildman–Crippen LogP) is 3.97. The minimum Gasteiger partial charge on any atom is -0.369 e. The van der Waals surface area contributed by atoms with Crippen LogP contribution in [0.5, 0.6) is 0 Å². The van der Waals surface area contributed by atoms with Crippen molar-refractivity contribution in [1.29, 1.82) is 0 Å². The van der Waals surface area contributed by atoms with E-state index in [2.05, 4.69) is 39.0 Å². The molecule has 20 heavy (non-hydrogen) atoms. The summed E-state index contributed by atoms with van der Waals surface area (Å²) in [5.74, 6) is 3.31. The number of nitrogens with zero attached hydrogens (tertiary/aromatic N) is 2. The van der Waals surface area contributed by atoms with Crippen molar-refractivity contribution in [2.45, 2.75) is 32.6 Å². The fraction of sp³-hybridized carbons (Fsp3) is 0.600. The molecule has 5 heteroatoms. The first-order valence-corrected chi connectivity index (χ1v) is 8.31. The number of anilines is 2. The van der Waals surface area contributed by atoms with Crippen LogP contribution >= 0.6 is 11.3 Å². The van der Waals surface area contributed by atoms with E-state index >= 15 is 0 Å². The van der Waals surface area contributed by atoms with Crippen molar-refractivity contribution >= 4 is 33.3 Å². The molecule has 2 aromatic rings. The number of aromatic nitrogens is 2. The van der Waals surface area contributed by atoms with Gasteiger partial charge in [-0.3, -0.25) is 0 Å². The van der Waals surface area contributed by atoms with Gasteiger partial charge in [0.1, 0.15) is 10.6 Å². The van der Waals surface area contributed by atoms with E-state index in [-0.39, 0.29) is 0 Å². The quantitative estimate of drug-likeness (QED) is 0.894. The van der Waals surface area contributed by atoms with Crippen molar-refractivity contribution in [2.24, 2.45) is 11.8 Å². The number of hydrogen-bond donors (Lipinski definition) is 2. The molecule has 2 heterocycles. The van der Waals surface area contributed by atoms with Crippen LogP contribution in [-0.4, -0.2) is 23.6 Å². The van der Waals surface area contributed by atoms with Crippen LogP contribution in [0.4, 0.5) is 11.8 Å². The Kier molecular flexibility index (Phi) is 4.05. The van der Waals surface area contributed by atoms with Crippen molar-refractivity contribution in [3.8, 4) is 0 Å². The molecule has 0 aliphatic heterocycles. The molecular weight excluding hydrogens is 268 g/mol. The van der Waals surface area contributed by atoms with Gasteiger partial charge in [0.05, 0.1) is 5.39 Å². The van der Waals surface area contributed by atoms with Crippen LogP contribution in [0, 0.1) is 11.8 Å². The molecular formula is C15H22N4S. The molecule has 0 bridgehead atoms. The molecule has 1 aliphatic rings. The topological polar surface area (TPSA) is 49.8 Å². The molecule has 0 amide bonds. The van der Waals surface area contributed by atoms with E-state index in [1.165, 1.54) is 25.7 Å². The molecule has 1 fully saturated rings. The number of rotatable bonds is 4. The Bertz CT molecular complexity index is 580. The first kappa shape index (κ1) is 13.6. The highest BCUT2D eigenvalue weighted by atomic mass is 32.1. The zero-order chi connectivity index (χ0) is 13.9. The summed E-state index contributed by atoms with van der Waals surface area (Å²) in [4.78, 5) is 10.1. The van der Waals surface area contributed by atoms with Gasteiger partial charge in [0.2, 0.25) is 5.95 Å². The fourth-order valence-corrected chi connectivity index (χ4v) is 3.85. The lowest BCUT2D eigenvalue weighted by Gasteiger charge is -2.27. The largest absolute Gasteiger partial charge is 0.369 e. The van der Waals surface area contributed by atoms with Crippen LogP contribution in [0.3, 0.4) is 0 Å². The Labute approximate surface area is 124 Å². The molecule has 3 rings (SSSR count). The summed E-state index contributed by atoms with van der Waals surface area (Å²) in [7, 11) is 1.86. The maximum absolute atomic E-state index is 4.57. The van der Waals surface area contributed by atoms with E-state index in [0.717, 1.165) is 34.4 Å². The lowest BCUT2D eigenvalue weighted by molar-refractivity contribution is 0.293. The fourth-order valence-electron chi connectivity index (χ4n) is 3.09. The van der Waals surface area contributed by atoms with Crippen molar-refractivity contribution in [1.82, 2.24) is 9.97 Å². The van der Waals surface area contributed by atoms with Gasteiger partial charge in [-0.15, -0.1) is 11.3 Å². The first-order valence-electron chi connectivity index (χ1n) is 7.43. The summed E-state index contributed by atoms with van der Waals surface area (Å²) in [5, 5.41) is 9.81. The zero-order valence-electron chi connectivity index (χ0n) is 12.1. The van der Waals surface area contributed by atoms with Gasteiger partial charge in [0.15, 0.2) is 0 Å². The van der Waals surface area contributed by atoms with E-state index in [0.29, 0.717) is 5.95 Å². The van der Waals surface area contributed by atoms with Gasteiger partial charge in [-0.2, -0.15) is 4.98 Å². The van der Waals surface area contributed by atoms with E-state index < -0.39 is 0 Å². The SMILES string of the molecule is CNc1nc(NCC2CCCC(C)C2)c2ccsc2n1. The normalized spacial score (nSPS) is 22.9. The number of fused-ring (bicyclic) bond motifs is 1. The first-order chi connectivity index (χ1) is 9.76. The number of hydrogen-bond acceptors (Lipinski definition) is 5. The Balaban J connectivity index is 1.74. The third kappa shape index (κ3) is 2.87. The molecule has 1 saturated carbocycles. The number of nitrogens with one attached hydrogen (secondary N) is 2. The molecule has 2 unspecified atom stereocenters. The molecule has 1 aliphatic carbocycles. The average molecular weight is 290 g/mol. The van der Waals surface area contributed by atoms with Gasteiger partial charge < -0.3 is 10.6 Å². The highest BCUT2D eigenvalue weighted by Gasteiger charge is 2.19. The summed E-state index contributed by atoms with van der Waals surface area (Å²) in [6, 6.07) is 2.10. The van der Waals surface area contributed by atoms with Gasteiger partial charge >= 0.3 is 0 Å². The molecule has 108 valence electrons. The van der Waals surface area contributed by atoms with Gasteiger partial charge in [-0.25, -0.2) is 4.98 Å². The summed E-state index contributed by atoms with van der Waals surface area (Å²) in [6.07, 6.45) is 5.44. The third-order valence-corrected chi connectivity index (χ3v) is 4.96. The standard InChI is InChI=1S/C15H22N4S/c1-10-4-3-5-11(8-10)9-17-13-12-6-7-20-14(12)19-15(16-2)18-13/h6-7,10-11H,3-5,8-9H2,1-2H3,(H2,16,17,18,19). The maximum Gasteiger partial charge on any atom is 0.225 e. The van der Waals surface area contributed by atoms with Crippen molar-refractivity contribution < 1.29 is 0 Å². The molecule has 0 spiro atoms. The summed E-state index contributed by atoms with van der Waals surface area (Å²) < 4.78 is 0. The molecule has 2 aromatic heterocycles. The predicted molar refractivity (Wildman–Crippen MR) is 86.6 cm³/mol. The van der Waals surface area contributed by atoms with Crippen molar-refractivity contribution in [3.63, 3.8) is 0 Å². The second kappa shape index (κ2) is 5.95. The number of thiophene rings is 1. The van der Waals surface area contributed by atoms with Crippen LogP contribution in [0.25, 0.3) is 10.2 Å². The minimum atomic E-state index is 0.694. The highest BCUT2D eigenvalue weighted by molar-refractivity contribution is 7.16. The van der Waals surface area contributed by atoms with Crippen LogP contribution in [0.1, 0.15) is 32.6 Å². The van der Waals surface area contributed by atoms with Gasteiger partial charge in [0.25, 0.3) is 0 Å². The average Bonchev–Trinajstić information content (AvgIpc) is 2.93. The smallest absolute Gasteiger partial charge is 0.225 e. The molecule has 0 aromatic carbocycles. The van der Waals surface area contributed by atoms with Crippen molar-refractivity contribution in [3.05, 3.63) is 11.4 Å². The zero-order valence-corrected chi connectivity index (χ0v) is 13.0. The van der Waals surface area contributed by atoms with Crippen LogP contribution in [-0.2, 0) is 0 Å². The van der Waals surface area contributed by atoms with E-state index in [1.807, 2.05) is 7.05 Å². The molecule has 4 nitrogen and oxygen atoms in total. The van der Waals surface area contributed by atoms with Crippen molar-refractivity contribution in [2.75, 3.05) is 24.2 Å². The highest BCUT2D eigenvalue weighted by Crippen LogP contribution is 2.30. The van der Waals surface area contributed by atoms with E-state index in [9.17, 15) is 0 Å². The molecule has 0 radical (unpaired) electrons. The van der Waals surface area contributed by atoms with Crippen LogP contribution < -0.4 is 10.6 Å². The molecule has 0 saturated heterocycles. The van der Waals surface area contributed by atoms with Gasteiger partial charge in [0, 0.05) is 13.6 Å². The summed E-state index contributed by atoms with van der Waals surface area (Å²) >= 11 is 1.66. The van der Waals surface area contributed by atoms with Crippen LogP contribution in [0.15, 0.2) is 11.4 Å². The maximum atomic E-state index is 4.57. The van der Waals surface area contributed by atoms with Crippen LogP contribution in [0.2, 0.25) is 0 Å².